The third kappa shape index (κ3) is 3.13. The predicted octanol–water partition coefficient (Wildman–Crippen LogP) is 1.04. The van der Waals surface area contributed by atoms with E-state index in [2.05, 4.69) is 6.07 Å². The van der Waals surface area contributed by atoms with Gasteiger partial charge >= 0.3 is 0 Å². The number of likely N-dealkylation sites (N-methyl/N-ethyl adjacent to an activating group) is 1. The van der Waals surface area contributed by atoms with E-state index >= 15 is 0 Å². The molecule has 1 saturated heterocycles. The molecule has 114 valence electrons. The van der Waals surface area contributed by atoms with Crippen molar-refractivity contribution in [2.24, 2.45) is 0 Å². The minimum absolute atomic E-state index is 0.159. The summed E-state index contributed by atoms with van der Waals surface area (Å²) < 4.78 is 5.50. The van der Waals surface area contributed by atoms with Crippen LogP contribution in [0.25, 0.3) is 0 Å². The largest absolute Gasteiger partial charge is 0.493 e. The highest BCUT2D eigenvalue weighted by Gasteiger charge is 2.23. The van der Waals surface area contributed by atoms with Gasteiger partial charge in [0, 0.05) is 45.2 Å². The average molecular weight is 290 g/mol. The summed E-state index contributed by atoms with van der Waals surface area (Å²) in [5.74, 6) is 1.13. The number of amides is 1. The Balaban J connectivity index is 1.58. The van der Waals surface area contributed by atoms with Crippen LogP contribution in [-0.4, -0.2) is 55.3 Å². The third-order valence-electron chi connectivity index (χ3n) is 4.20. The quantitative estimate of drug-likeness (QED) is 0.880. The van der Waals surface area contributed by atoms with Crippen LogP contribution in [0.1, 0.15) is 18.4 Å². The number of rotatable bonds is 5. The maximum atomic E-state index is 11.6. The van der Waals surface area contributed by atoms with Gasteiger partial charge in [-0.25, -0.2) is 0 Å². The summed E-state index contributed by atoms with van der Waals surface area (Å²) in [6.45, 7) is 2.47. The first-order valence-electron chi connectivity index (χ1n) is 7.56. The Morgan fingerprint density at radius 3 is 3.05 bits per heavy atom. The Morgan fingerprint density at radius 2 is 2.29 bits per heavy atom. The summed E-state index contributed by atoms with van der Waals surface area (Å²) in [6, 6.07) is 6.12. The summed E-state index contributed by atoms with van der Waals surface area (Å²) in [5, 5.41) is 10.2. The van der Waals surface area contributed by atoms with E-state index in [0.29, 0.717) is 19.5 Å². The fourth-order valence-electron chi connectivity index (χ4n) is 3.04. The summed E-state index contributed by atoms with van der Waals surface area (Å²) in [7, 11) is 1.96. The van der Waals surface area contributed by atoms with Gasteiger partial charge in [0.1, 0.15) is 5.75 Å². The number of anilines is 1. The Hall–Kier alpha value is -1.75. The van der Waals surface area contributed by atoms with Crippen LogP contribution in [0.5, 0.6) is 5.75 Å². The number of carbonyl (C=O) groups is 1. The molecule has 5 heteroatoms. The van der Waals surface area contributed by atoms with Gasteiger partial charge in [-0.3, -0.25) is 4.79 Å². The second-order valence-corrected chi connectivity index (χ2v) is 5.87. The molecule has 2 aliphatic heterocycles. The maximum Gasteiger partial charge on any atom is 0.222 e. The summed E-state index contributed by atoms with van der Waals surface area (Å²) in [5.41, 5.74) is 2.30. The maximum absolute atomic E-state index is 11.6. The predicted molar refractivity (Wildman–Crippen MR) is 80.7 cm³/mol. The highest BCUT2D eigenvalue weighted by Crippen LogP contribution is 2.29. The minimum atomic E-state index is -0.526. The molecule has 2 heterocycles. The Bertz CT molecular complexity index is 532. The monoisotopic (exact) mass is 290 g/mol. The van der Waals surface area contributed by atoms with Gasteiger partial charge in [0.15, 0.2) is 0 Å². The molecule has 1 amide bonds. The number of ether oxygens (including phenoxy) is 1. The van der Waals surface area contributed by atoms with E-state index < -0.39 is 6.10 Å². The summed E-state index contributed by atoms with van der Waals surface area (Å²) >= 11 is 0. The molecule has 2 aliphatic rings. The SMILES string of the molecule is CN(CC(O)CN1CCCC1=O)c1ccc2c(c1)CCO2. The van der Waals surface area contributed by atoms with Crippen LogP contribution in [0.3, 0.4) is 0 Å². The zero-order valence-electron chi connectivity index (χ0n) is 12.4. The van der Waals surface area contributed by atoms with Crippen molar-refractivity contribution in [3.8, 4) is 5.75 Å². The van der Waals surface area contributed by atoms with Crippen molar-refractivity contribution in [3.63, 3.8) is 0 Å². The van der Waals surface area contributed by atoms with Crippen molar-refractivity contribution in [1.82, 2.24) is 4.90 Å². The van der Waals surface area contributed by atoms with Crippen molar-refractivity contribution in [3.05, 3.63) is 23.8 Å². The molecule has 1 fully saturated rings. The van der Waals surface area contributed by atoms with Crippen molar-refractivity contribution >= 4 is 11.6 Å². The Kier molecular flexibility index (Phi) is 4.01. The topological polar surface area (TPSA) is 53.0 Å². The van der Waals surface area contributed by atoms with Crippen molar-refractivity contribution in [2.75, 3.05) is 38.2 Å². The zero-order valence-corrected chi connectivity index (χ0v) is 12.4. The first-order valence-corrected chi connectivity index (χ1v) is 7.56. The molecule has 1 aromatic rings. The van der Waals surface area contributed by atoms with Gasteiger partial charge in [-0.2, -0.15) is 0 Å². The van der Waals surface area contributed by atoms with E-state index in [1.807, 2.05) is 24.1 Å². The standard InChI is InChI=1S/C16H22N2O3/c1-17(10-14(19)11-18-7-2-3-16(18)20)13-4-5-15-12(9-13)6-8-21-15/h4-5,9,14,19H,2-3,6-8,10-11H2,1H3. The number of carbonyl (C=O) groups excluding carboxylic acids is 1. The lowest BCUT2D eigenvalue weighted by atomic mass is 10.1. The van der Waals surface area contributed by atoms with Crippen molar-refractivity contribution in [1.29, 1.82) is 0 Å². The fraction of sp³-hybridized carbons (Fsp3) is 0.562. The van der Waals surface area contributed by atoms with Crippen LogP contribution in [-0.2, 0) is 11.2 Å². The molecule has 0 aliphatic carbocycles. The first kappa shape index (κ1) is 14.2. The number of benzene rings is 1. The lowest BCUT2D eigenvalue weighted by molar-refractivity contribution is -0.128. The third-order valence-corrected chi connectivity index (χ3v) is 4.20. The van der Waals surface area contributed by atoms with E-state index in [1.54, 1.807) is 4.90 Å². The van der Waals surface area contributed by atoms with Crippen LogP contribution in [0.2, 0.25) is 0 Å². The molecular weight excluding hydrogens is 268 g/mol. The van der Waals surface area contributed by atoms with Crippen LogP contribution in [0.4, 0.5) is 5.69 Å². The molecule has 1 N–H and O–H groups in total. The van der Waals surface area contributed by atoms with Gasteiger partial charge in [0.25, 0.3) is 0 Å². The van der Waals surface area contributed by atoms with Gasteiger partial charge in [0.05, 0.1) is 12.7 Å². The molecule has 0 radical (unpaired) electrons. The molecule has 3 rings (SSSR count). The van der Waals surface area contributed by atoms with Crippen molar-refractivity contribution < 1.29 is 14.6 Å². The van der Waals surface area contributed by atoms with Crippen molar-refractivity contribution in [2.45, 2.75) is 25.4 Å². The van der Waals surface area contributed by atoms with Gasteiger partial charge < -0.3 is 19.6 Å². The number of aliphatic hydroxyl groups excluding tert-OH is 1. The summed E-state index contributed by atoms with van der Waals surface area (Å²) in [6.07, 6.45) is 1.95. The molecule has 1 unspecified atom stereocenters. The highest BCUT2D eigenvalue weighted by molar-refractivity contribution is 5.78. The molecule has 0 spiro atoms. The molecule has 1 aromatic carbocycles. The highest BCUT2D eigenvalue weighted by atomic mass is 16.5. The first-order chi connectivity index (χ1) is 10.1. The van der Waals surface area contributed by atoms with Gasteiger partial charge in [-0.1, -0.05) is 0 Å². The molecule has 0 saturated carbocycles. The molecule has 21 heavy (non-hydrogen) atoms. The van der Waals surface area contributed by atoms with Crippen LogP contribution in [0.15, 0.2) is 18.2 Å². The molecule has 5 nitrogen and oxygen atoms in total. The van der Waals surface area contributed by atoms with Crippen LogP contribution < -0.4 is 9.64 Å². The molecular formula is C16H22N2O3. The normalized spacial score (nSPS) is 18.6. The molecule has 0 bridgehead atoms. The minimum Gasteiger partial charge on any atom is -0.493 e. The fourth-order valence-corrected chi connectivity index (χ4v) is 3.04. The average Bonchev–Trinajstić information content (AvgIpc) is 3.07. The van der Waals surface area contributed by atoms with E-state index in [0.717, 1.165) is 37.4 Å². The van der Waals surface area contributed by atoms with Gasteiger partial charge in [-0.05, 0) is 30.2 Å². The number of hydrogen-bond acceptors (Lipinski definition) is 4. The number of likely N-dealkylation sites (tertiary alicyclic amines) is 1. The number of nitrogens with zero attached hydrogens (tertiary/aromatic N) is 2. The van der Waals surface area contributed by atoms with Gasteiger partial charge in [-0.15, -0.1) is 0 Å². The van der Waals surface area contributed by atoms with E-state index in [9.17, 15) is 9.90 Å². The lowest BCUT2D eigenvalue weighted by Gasteiger charge is -2.26. The van der Waals surface area contributed by atoms with E-state index in [4.69, 9.17) is 4.74 Å². The van der Waals surface area contributed by atoms with E-state index in [-0.39, 0.29) is 5.91 Å². The van der Waals surface area contributed by atoms with E-state index in [1.165, 1.54) is 5.56 Å². The molecule has 0 aromatic heterocycles. The smallest absolute Gasteiger partial charge is 0.222 e. The summed E-state index contributed by atoms with van der Waals surface area (Å²) in [4.78, 5) is 15.4. The van der Waals surface area contributed by atoms with Crippen LogP contribution >= 0.6 is 0 Å². The Morgan fingerprint density at radius 1 is 1.43 bits per heavy atom. The van der Waals surface area contributed by atoms with Gasteiger partial charge in [0.2, 0.25) is 5.91 Å². The lowest BCUT2D eigenvalue weighted by Crippen LogP contribution is -2.39. The number of β-amino-alcohol motifs (C(OH)–C–C–N with tert-alkyl or cyclic N) is 1. The zero-order chi connectivity index (χ0) is 14.8. The number of hydrogen-bond donors (Lipinski definition) is 1. The Labute approximate surface area is 125 Å². The second-order valence-electron chi connectivity index (χ2n) is 5.87. The number of aliphatic hydroxyl groups is 1. The van der Waals surface area contributed by atoms with Crippen LogP contribution in [0, 0.1) is 0 Å². The number of fused-ring (bicyclic) bond motifs is 1. The second kappa shape index (κ2) is 5.93. The molecule has 1 atom stereocenters.